The summed E-state index contributed by atoms with van der Waals surface area (Å²) >= 11 is 0. The Hall–Kier alpha value is -2.89. The molecule has 0 bridgehead atoms. The summed E-state index contributed by atoms with van der Waals surface area (Å²) < 4.78 is 37.1. The van der Waals surface area contributed by atoms with Gasteiger partial charge >= 0.3 is 6.09 Å². The first-order valence-corrected chi connectivity index (χ1v) is 15.6. The predicted molar refractivity (Wildman–Crippen MR) is 160 cm³/mol. The highest BCUT2D eigenvalue weighted by Gasteiger charge is 2.42. The molecule has 230 valence electrons. The third-order valence-electron chi connectivity index (χ3n) is 7.55. The molecule has 0 spiro atoms. The van der Waals surface area contributed by atoms with Crippen LogP contribution in [-0.2, 0) is 26.1 Å². The van der Waals surface area contributed by atoms with E-state index in [1.165, 1.54) is 11.0 Å². The van der Waals surface area contributed by atoms with Gasteiger partial charge < -0.3 is 15.2 Å². The number of carbonyl (C=O) groups excluding carboxylic acids is 2. The molecule has 9 nitrogen and oxygen atoms in total. The molecule has 0 radical (unpaired) electrons. The van der Waals surface area contributed by atoms with Gasteiger partial charge in [0, 0.05) is 18.8 Å². The van der Waals surface area contributed by atoms with Crippen LogP contribution in [0.1, 0.15) is 84.8 Å². The van der Waals surface area contributed by atoms with E-state index in [9.17, 15) is 18.9 Å². The molecule has 1 aromatic heterocycles. The third kappa shape index (κ3) is 7.73. The number of anilines is 1. The average molecular weight is 603 g/mol. The number of likely N-dealkylation sites (tertiary alicyclic amines) is 1. The average Bonchev–Trinajstić information content (AvgIpc) is 3.65. The standard InChI is InChI=1S/C31H43FN4O5S/c1-29(2,3)41-28(39)36-19-23(37)18-26(36)27(38)34-25-17-22(9-10-24(25)32)31(14-11-20-7-8-20,21-12-15-33-16-13-21)35-42(40)30(4,5)6/h9-10,12-13,15-17,20,23,26,35,37H,7-8,11,14,18-19H2,1-6H3,(H,34,38)/t23-,26-,31?,42?/m1/s1. The van der Waals surface area contributed by atoms with E-state index in [0.717, 1.165) is 24.8 Å². The van der Waals surface area contributed by atoms with E-state index in [1.54, 1.807) is 45.3 Å². The number of β-amino-alcohol motifs (C(OH)–C–C–N with tert-alkyl or cyclic N) is 1. The molecule has 3 N–H and O–H groups in total. The van der Waals surface area contributed by atoms with Crippen LogP contribution in [0.2, 0.25) is 0 Å². The van der Waals surface area contributed by atoms with Crippen LogP contribution in [0.3, 0.4) is 0 Å². The van der Waals surface area contributed by atoms with Crippen molar-refractivity contribution in [3.63, 3.8) is 0 Å². The van der Waals surface area contributed by atoms with Gasteiger partial charge in [-0.1, -0.05) is 18.9 Å². The molecule has 4 atom stereocenters. The Morgan fingerprint density at radius 3 is 2.36 bits per heavy atom. The Balaban J connectivity index is 1.70. The van der Waals surface area contributed by atoms with Crippen molar-refractivity contribution in [3.8, 4) is 0 Å². The summed E-state index contributed by atoms with van der Waals surface area (Å²) in [7, 11) is -1.49. The number of aliphatic hydroxyl groups is 1. The minimum atomic E-state index is -1.49. The Labute approximate surface area is 250 Å². The summed E-state index contributed by atoms with van der Waals surface area (Å²) in [6.07, 6.45) is 5.46. The number of amides is 2. The zero-order valence-corrected chi connectivity index (χ0v) is 26.1. The molecule has 4 rings (SSSR count). The molecule has 1 aromatic carbocycles. The smallest absolute Gasteiger partial charge is 0.411 e. The minimum Gasteiger partial charge on any atom is -0.444 e. The monoisotopic (exact) mass is 602 g/mol. The third-order valence-corrected chi connectivity index (χ3v) is 9.19. The summed E-state index contributed by atoms with van der Waals surface area (Å²) in [5.41, 5.74) is -0.351. The Kier molecular flexibility index (Phi) is 9.44. The molecule has 2 unspecified atom stereocenters. The predicted octanol–water partition coefficient (Wildman–Crippen LogP) is 5.02. The highest BCUT2D eigenvalue weighted by molar-refractivity contribution is 7.84. The van der Waals surface area contributed by atoms with Crippen LogP contribution in [0.25, 0.3) is 0 Å². The molecule has 1 saturated heterocycles. The maximum Gasteiger partial charge on any atom is 0.411 e. The van der Waals surface area contributed by atoms with Gasteiger partial charge in [-0.15, -0.1) is 0 Å². The van der Waals surface area contributed by atoms with Crippen molar-refractivity contribution in [3.05, 3.63) is 59.7 Å². The van der Waals surface area contributed by atoms with Gasteiger partial charge in [-0.2, -0.15) is 0 Å². The molecule has 2 aromatic rings. The lowest BCUT2D eigenvalue weighted by Crippen LogP contribution is -2.49. The summed E-state index contributed by atoms with van der Waals surface area (Å²) in [5, 5.41) is 12.9. The molecular formula is C31H43FN4O5S. The van der Waals surface area contributed by atoms with Gasteiger partial charge in [-0.25, -0.2) is 18.1 Å². The van der Waals surface area contributed by atoms with Crippen molar-refractivity contribution >= 4 is 28.7 Å². The first-order valence-electron chi connectivity index (χ1n) is 14.5. The largest absolute Gasteiger partial charge is 0.444 e. The lowest BCUT2D eigenvalue weighted by Gasteiger charge is -2.38. The van der Waals surface area contributed by atoms with Gasteiger partial charge in [0.2, 0.25) is 5.91 Å². The number of aliphatic hydroxyl groups excluding tert-OH is 1. The van der Waals surface area contributed by atoms with Crippen molar-refractivity contribution in [2.45, 2.75) is 102 Å². The molecule has 2 fully saturated rings. The SMILES string of the molecule is CC(C)(C)OC(=O)N1C[C@H](O)C[C@@H]1C(=O)Nc1cc(C(CCC2CC2)(NS(=O)C(C)(C)C)c2ccncc2)ccc1F. The number of ether oxygens (including phenoxy) is 1. The second-order valence-corrected chi connectivity index (χ2v) is 15.3. The Morgan fingerprint density at radius 1 is 1.10 bits per heavy atom. The van der Waals surface area contributed by atoms with E-state index in [-0.39, 0.29) is 18.7 Å². The van der Waals surface area contributed by atoms with E-state index < -0.39 is 56.8 Å². The van der Waals surface area contributed by atoms with Crippen LogP contribution in [-0.4, -0.2) is 60.2 Å². The molecule has 11 heteroatoms. The Bertz CT molecular complexity index is 1310. The second-order valence-electron chi connectivity index (χ2n) is 13.3. The van der Waals surface area contributed by atoms with Crippen molar-refractivity contribution < 1.29 is 28.0 Å². The van der Waals surface area contributed by atoms with Gasteiger partial charge in [0.15, 0.2) is 0 Å². The maximum absolute atomic E-state index is 15.3. The van der Waals surface area contributed by atoms with Crippen LogP contribution in [0.5, 0.6) is 0 Å². The molecule has 1 aliphatic heterocycles. The summed E-state index contributed by atoms with van der Waals surface area (Å²) in [6, 6.07) is 7.19. The van der Waals surface area contributed by atoms with Crippen molar-refractivity contribution in [1.82, 2.24) is 14.6 Å². The van der Waals surface area contributed by atoms with E-state index >= 15 is 4.39 Å². The van der Waals surface area contributed by atoms with Crippen molar-refractivity contribution in [1.29, 1.82) is 0 Å². The van der Waals surface area contributed by atoms with Crippen LogP contribution in [0, 0.1) is 11.7 Å². The van der Waals surface area contributed by atoms with Crippen molar-refractivity contribution in [2.75, 3.05) is 11.9 Å². The van der Waals surface area contributed by atoms with Gasteiger partial charge in [-0.3, -0.25) is 14.7 Å². The number of hydrogen-bond acceptors (Lipinski definition) is 6. The van der Waals surface area contributed by atoms with Crippen LogP contribution >= 0.6 is 0 Å². The van der Waals surface area contributed by atoms with E-state index in [1.807, 2.05) is 32.9 Å². The fourth-order valence-corrected chi connectivity index (χ4v) is 6.05. The molecule has 42 heavy (non-hydrogen) atoms. The first-order chi connectivity index (χ1) is 19.6. The summed E-state index contributed by atoms with van der Waals surface area (Å²) in [6.45, 7) is 10.7. The number of hydrogen-bond donors (Lipinski definition) is 3. The number of halogens is 1. The summed E-state index contributed by atoms with van der Waals surface area (Å²) in [4.78, 5) is 31.6. The summed E-state index contributed by atoms with van der Waals surface area (Å²) in [5.74, 6) is -0.715. The highest BCUT2D eigenvalue weighted by Crippen LogP contribution is 2.42. The number of nitrogens with one attached hydrogen (secondary N) is 2. The molecule has 2 heterocycles. The van der Waals surface area contributed by atoms with Gasteiger partial charge in [0.05, 0.1) is 39.6 Å². The number of carbonyl (C=O) groups is 2. The zero-order valence-electron chi connectivity index (χ0n) is 25.3. The second kappa shape index (κ2) is 12.4. The van der Waals surface area contributed by atoms with E-state index in [4.69, 9.17) is 4.74 Å². The van der Waals surface area contributed by atoms with Crippen molar-refractivity contribution in [2.24, 2.45) is 5.92 Å². The highest BCUT2D eigenvalue weighted by atomic mass is 32.2. The van der Waals surface area contributed by atoms with Crippen LogP contribution in [0.15, 0.2) is 42.7 Å². The fraction of sp³-hybridized carbons (Fsp3) is 0.581. The number of rotatable bonds is 9. The number of pyridine rings is 1. The maximum atomic E-state index is 15.3. The molecule has 2 aliphatic rings. The zero-order chi connectivity index (χ0) is 30.9. The normalized spacial score (nSPS) is 21.5. The van der Waals surface area contributed by atoms with Gasteiger partial charge in [0.1, 0.15) is 17.5 Å². The topological polar surface area (TPSA) is 121 Å². The van der Waals surface area contributed by atoms with Gasteiger partial charge in [0.25, 0.3) is 0 Å². The molecule has 1 saturated carbocycles. The number of nitrogens with zero attached hydrogens (tertiary/aromatic N) is 2. The van der Waals surface area contributed by atoms with Crippen LogP contribution in [0.4, 0.5) is 14.9 Å². The molecular weight excluding hydrogens is 559 g/mol. The fourth-order valence-electron chi connectivity index (χ4n) is 5.09. The van der Waals surface area contributed by atoms with Crippen LogP contribution < -0.4 is 10.0 Å². The lowest BCUT2D eigenvalue weighted by molar-refractivity contribution is -0.120. The molecule has 2 amide bonds. The first kappa shape index (κ1) is 32.0. The Morgan fingerprint density at radius 2 is 1.76 bits per heavy atom. The molecule has 1 aliphatic carbocycles. The number of aromatic nitrogens is 1. The minimum absolute atomic E-state index is 0.000841. The number of benzene rings is 1. The lowest BCUT2D eigenvalue weighted by atomic mass is 9.79. The van der Waals surface area contributed by atoms with Gasteiger partial charge in [-0.05, 0) is 95.7 Å². The quantitative estimate of drug-likeness (QED) is 0.371. The van der Waals surface area contributed by atoms with E-state index in [2.05, 4.69) is 15.0 Å². The van der Waals surface area contributed by atoms with E-state index in [0.29, 0.717) is 17.9 Å².